The Kier molecular flexibility index (Phi) is 5.12. The van der Waals surface area contributed by atoms with Gasteiger partial charge in [-0.25, -0.2) is 4.58 Å². The lowest BCUT2D eigenvalue weighted by Crippen LogP contribution is -2.25. The number of aryl methyl sites for hydroxylation is 1. The van der Waals surface area contributed by atoms with Crippen molar-refractivity contribution in [2.24, 2.45) is 0 Å². The molecule has 0 bridgehead atoms. The van der Waals surface area contributed by atoms with Crippen molar-refractivity contribution in [3.63, 3.8) is 0 Å². The lowest BCUT2D eigenvalue weighted by Gasteiger charge is -2.16. The fourth-order valence-electron chi connectivity index (χ4n) is 3.05. The van der Waals surface area contributed by atoms with E-state index in [0.717, 1.165) is 0 Å². The van der Waals surface area contributed by atoms with E-state index in [1.807, 2.05) is 0 Å². The van der Waals surface area contributed by atoms with Crippen LogP contribution in [0.5, 0.6) is 0 Å². The quantitative estimate of drug-likeness (QED) is 0.337. The molecule has 3 rings (SSSR count). The van der Waals surface area contributed by atoms with Crippen LogP contribution in [0.2, 0.25) is 0 Å². The fourth-order valence-corrected chi connectivity index (χ4v) is 3.05. The van der Waals surface area contributed by atoms with Crippen LogP contribution in [0.3, 0.4) is 0 Å². The van der Waals surface area contributed by atoms with Gasteiger partial charge in [-0.3, -0.25) is 0 Å². The van der Waals surface area contributed by atoms with Crippen molar-refractivity contribution in [2.45, 2.75) is 33.1 Å². The van der Waals surface area contributed by atoms with Crippen molar-refractivity contribution in [3.05, 3.63) is 53.6 Å². The fraction of sp³-hybridized carbons (Fsp3) is 0.316. The summed E-state index contributed by atoms with van der Waals surface area (Å²) < 4.78 is 41.3. The monoisotopic (exact) mass is 351 g/mol. The number of benzene rings is 2. The molecular weight excluding hydrogens is 329 g/mol. The van der Waals surface area contributed by atoms with Crippen LogP contribution >= 0.6 is 0 Å². The number of hydrogen-bond acceptors (Lipinski definition) is 0. The summed E-state index contributed by atoms with van der Waals surface area (Å²) in [5, 5.41) is 0. The number of halogens is 4. The Balaban J connectivity index is 0.000000399. The molecule has 0 radical (unpaired) electrons. The summed E-state index contributed by atoms with van der Waals surface area (Å²) in [6, 6.07) is 15.6. The summed E-state index contributed by atoms with van der Waals surface area (Å²) in [5.41, 5.74) is 8.19. The second-order valence-electron chi connectivity index (χ2n) is 6.86. The Morgan fingerprint density at radius 2 is 1.32 bits per heavy atom. The molecule has 1 aliphatic heterocycles. The first-order chi connectivity index (χ1) is 11.4. The topological polar surface area (TPSA) is 3.01 Å². The first-order valence-corrected chi connectivity index (χ1v) is 8.08. The van der Waals surface area contributed by atoms with E-state index in [1.165, 1.54) is 33.7 Å². The van der Waals surface area contributed by atoms with E-state index in [-0.39, 0.29) is 5.41 Å². The van der Waals surface area contributed by atoms with Gasteiger partial charge in [-0.05, 0) is 44.0 Å². The van der Waals surface area contributed by atoms with Gasteiger partial charge in [0.05, 0.1) is 5.41 Å². The van der Waals surface area contributed by atoms with Gasteiger partial charge in [0.2, 0.25) is 5.69 Å². The third-order valence-electron chi connectivity index (χ3n) is 4.82. The highest BCUT2D eigenvalue weighted by Crippen LogP contribution is 2.40. The van der Waals surface area contributed by atoms with Gasteiger partial charge in [-0.2, -0.15) is 0 Å². The van der Waals surface area contributed by atoms with Gasteiger partial charge in [-0.15, -0.1) is 0 Å². The number of fused-ring (bicyclic) bond motifs is 1. The Labute approximate surface area is 146 Å². The highest BCUT2D eigenvalue weighted by molar-refractivity contribution is 6.50. The Hall–Kier alpha value is -2.11. The van der Waals surface area contributed by atoms with Crippen molar-refractivity contribution in [2.75, 3.05) is 7.05 Å². The lowest BCUT2D eigenvalue weighted by atomic mass is 9.81. The third kappa shape index (κ3) is 4.30. The Bertz CT molecular complexity index is 799. The van der Waals surface area contributed by atoms with Crippen molar-refractivity contribution in [1.82, 2.24) is 0 Å². The number of hydrogen-bond donors (Lipinski definition) is 0. The average molecular weight is 351 g/mol. The first kappa shape index (κ1) is 19.2. The molecule has 0 N–H and O–H groups in total. The molecule has 1 heterocycles. The smallest absolute Gasteiger partial charge is 0.418 e. The zero-order chi connectivity index (χ0) is 19.0. The van der Waals surface area contributed by atoms with Crippen LogP contribution in [0.4, 0.5) is 23.0 Å². The van der Waals surface area contributed by atoms with E-state index >= 15 is 0 Å². The van der Waals surface area contributed by atoms with Crippen LogP contribution in [0.25, 0.3) is 11.1 Å². The second kappa shape index (κ2) is 6.66. The standard InChI is InChI=1S/C19H22N.BF4/c1-13-6-8-15(9-7-13)16-10-11-18-17(12-16)19(3,4)14(2)20(18)5;2-1(3,4)5/h6-12H,1-5H3;/q+1;-1. The Morgan fingerprint density at radius 3 is 1.84 bits per heavy atom. The zero-order valence-corrected chi connectivity index (χ0v) is 15.1. The minimum absolute atomic E-state index is 0.116. The maximum absolute atomic E-state index is 9.75. The zero-order valence-electron chi connectivity index (χ0n) is 15.1. The average Bonchev–Trinajstić information content (AvgIpc) is 2.67. The molecule has 0 saturated carbocycles. The molecule has 134 valence electrons. The minimum Gasteiger partial charge on any atom is -0.418 e. The molecular formula is C19H22BF4N. The van der Waals surface area contributed by atoms with Gasteiger partial charge < -0.3 is 17.3 Å². The molecule has 0 atom stereocenters. The van der Waals surface area contributed by atoms with Crippen molar-refractivity contribution in [3.8, 4) is 11.1 Å². The lowest BCUT2D eigenvalue weighted by molar-refractivity contribution is -0.403. The molecule has 2 aromatic rings. The van der Waals surface area contributed by atoms with E-state index in [1.54, 1.807) is 0 Å². The van der Waals surface area contributed by atoms with Crippen LogP contribution in [-0.2, 0) is 5.41 Å². The maximum Gasteiger partial charge on any atom is 0.673 e. The van der Waals surface area contributed by atoms with E-state index in [2.05, 4.69) is 81.8 Å². The Morgan fingerprint density at radius 1 is 0.840 bits per heavy atom. The van der Waals surface area contributed by atoms with Gasteiger partial charge in [0.25, 0.3) is 0 Å². The molecule has 0 unspecified atom stereocenters. The predicted octanol–water partition coefficient (Wildman–Crippen LogP) is 5.99. The van der Waals surface area contributed by atoms with Gasteiger partial charge in [-0.1, -0.05) is 29.8 Å². The van der Waals surface area contributed by atoms with Gasteiger partial charge in [0.1, 0.15) is 7.05 Å². The predicted molar refractivity (Wildman–Crippen MR) is 96.4 cm³/mol. The second-order valence-corrected chi connectivity index (χ2v) is 6.86. The highest BCUT2D eigenvalue weighted by atomic mass is 19.5. The summed E-state index contributed by atoms with van der Waals surface area (Å²) in [4.78, 5) is 0. The summed E-state index contributed by atoms with van der Waals surface area (Å²) in [5.74, 6) is 0. The van der Waals surface area contributed by atoms with Crippen molar-refractivity contribution >= 4 is 18.7 Å². The van der Waals surface area contributed by atoms with Gasteiger partial charge in [0.15, 0.2) is 5.71 Å². The van der Waals surface area contributed by atoms with E-state index in [9.17, 15) is 17.3 Å². The van der Waals surface area contributed by atoms with E-state index in [0.29, 0.717) is 0 Å². The summed E-state index contributed by atoms with van der Waals surface area (Å²) >= 11 is 0. The van der Waals surface area contributed by atoms with Crippen LogP contribution in [0.1, 0.15) is 31.9 Å². The summed E-state index contributed by atoms with van der Waals surface area (Å²) in [6.07, 6.45) is 0. The normalized spacial score (nSPS) is 15.6. The molecule has 0 saturated heterocycles. The van der Waals surface area contributed by atoms with Crippen LogP contribution in [-0.4, -0.2) is 24.6 Å². The maximum atomic E-state index is 9.75. The largest absolute Gasteiger partial charge is 0.673 e. The molecule has 0 amide bonds. The summed E-state index contributed by atoms with van der Waals surface area (Å²) in [7, 11) is -3.84. The molecule has 0 spiro atoms. The van der Waals surface area contributed by atoms with Crippen LogP contribution in [0, 0.1) is 6.92 Å². The SMILES string of the molecule is CC1=[N+](C)c2ccc(-c3ccc(C)cc3)cc2C1(C)C.F[B-](F)(F)F. The van der Waals surface area contributed by atoms with Crippen molar-refractivity contribution < 1.29 is 21.8 Å². The summed E-state index contributed by atoms with van der Waals surface area (Å²) in [6.45, 7) is 8.97. The molecule has 25 heavy (non-hydrogen) atoms. The molecule has 0 fully saturated rings. The third-order valence-corrected chi connectivity index (χ3v) is 4.82. The molecule has 0 aromatic heterocycles. The van der Waals surface area contributed by atoms with Crippen LogP contribution < -0.4 is 0 Å². The van der Waals surface area contributed by atoms with E-state index in [4.69, 9.17) is 0 Å². The number of nitrogens with zero attached hydrogens (tertiary/aromatic N) is 1. The molecule has 1 nitrogen and oxygen atoms in total. The first-order valence-electron chi connectivity index (χ1n) is 8.08. The number of rotatable bonds is 1. The van der Waals surface area contributed by atoms with Crippen LogP contribution in [0.15, 0.2) is 42.5 Å². The molecule has 6 heteroatoms. The molecule has 0 aliphatic carbocycles. The minimum atomic E-state index is -6.00. The molecule has 1 aliphatic rings. The van der Waals surface area contributed by atoms with Gasteiger partial charge in [0, 0.05) is 18.6 Å². The van der Waals surface area contributed by atoms with Gasteiger partial charge >= 0.3 is 7.25 Å². The molecule has 2 aromatic carbocycles. The van der Waals surface area contributed by atoms with E-state index < -0.39 is 7.25 Å². The highest BCUT2D eigenvalue weighted by Gasteiger charge is 2.41. The van der Waals surface area contributed by atoms with Crippen molar-refractivity contribution in [1.29, 1.82) is 0 Å².